The smallest absolute Gasteiger partial charge is 0.307 e. The number of carboxylic acid groups (broad SMARTS) is 1. The molecule has 1 aromatic rings. The fourth-order valence-electron chi connectivity index (χ4n) is 2.18. The van der Waals surface area contributed by atoms with E-state index in [9.17, 15) is 13.2 Å². The molecule has 0 radical (unpaired) electrons. The number of sulfone groups is 1. The molecular formula is C12H14ClNO4S. The van der Waals surface area contributed by atoms with E-state index in [0.29, 0.717) is 23.6 Å². The molecule has 104 valence electrons. The van der Waals surface area contributed by atoms with Crippen LogP contribution in [0.1, 0.15) is 18.0 Å². The first kappa shape index (κ1) is 14.3. The first-order valence-corrected chi connectivity index (χ1v) is 8.01. The van der Waals surface area contributed by atoms with Gasteiger partial charge < -0.3 is 10.4 Å². The Morgan fingerprint density at radius 2 is 2.11 bits per heavy atom. The van der Waals surface area contributed by atoms with Crippen molar-refractivity contribution in [3.05, 3.63) is 28.8 Å². The number of aliphatic carboxylic acids is 1. The number of hydrogen-bond acceptors (Lipinski definition) is 4. The molecule has 0 spiro atoms. The Labute approximate surface area is 116 Å². The molecule has 0 amide bonds. The molecule has 19 heavy (non-hydrogen) atoms. The number of carboxylic acids is 1. The summed E-state index contributed by atoms with van der Waals surface area (Å²) in [6, 6.07) is 4.42. The normalized spacial score (nSPS) is 23.5. The van der Waals surface area contributed by atoms with Gasteiger partial charge in [0.2, 0.25) is 0 Å². The first-order valence-electron chi connectivity index (χ1n) is 5.74. The van der Waals surface area contributed by atoms with Gasteiger partial charge >= 0.3 is 5.97 Å². The molecule has 2 rings (SSSR count). The lowest BCUT2D eigenvalue weighted by Gasteiger charge is -2.12. The van der Waals surface area contributed by atoms with Gasteiger partial charge in [0, 0.05) is 23.9 Å². The summed E-state index contributed by atoms with van der Waals surface area (Å²) < 4.78 is 23.1. The second-order valence-corrected chi connectivity index (χ2v) is 7.18. The summed E-state index contributed by atoms with van der Waals surface area (Å²) in [6.07, 6.45) is 1.55. The molecule has 0 aliphatic carbocycles. The highest BCUT2D eigenvalue weighted by Gasteiger charge is 2.30. The van der Waals surface area contributed by atoms with Crippen LogP contribution in [-0.2, 0) is 14.6 Å². The van der Waals surface area contributed by atoms with Crippen molar-refractivity contribution < 1.29 is 18.3 Å². The van der Waals surface area contributed by atoms with Crippen molar-refractivity contribution in [3.8, 4) is 0 Å². The van der Waals surface area contributed by atoms with E-state index in [1.54, 1.807) is 12.1 Å². The minimum Gasteiger partial charge on any atom is -0.481 e. The zero-order chi connectivity index (χ0) is 14.2. The zero-order valence-electron chi connectivity index (χ0n) is 10.3. The maximum absolute atomic E-state index is 11.6. The predicted octanol–water partition coefficient (Wildman–Crippen LogP) is 1.48. The highest BCUT2D eigenvalue weighted by molar-refractivity contribution is 7.90. The number of nitrogens with one attached hydrogen (secondary N) is 1. The van der Waals surface area contributed by atoms with Crippen LogP contribution in [-0.4, -0.2) is 32.3 Å². The van der Waals surface area contributed by atoms with Gasteiger partial charge in [-0.3, -0.25) is 4.79 Å². The Morgan fingerprint density at radius 3 is 2.63 bits per heavy atom. The summed E-state index contributed by atoms with van der Waals surface area (Å²) in [7, 11) is -3.34. The fourth-order valence-corrected chi connectivity index (χ4v) is 3.18. The Bertz CT molecular complexity index is 614. The summed E-state index contributed by atoms with van der Waals surface area (Å²) in [5.41, 5.74) is 0.705. The largest absolute Gasteiger partial charge is 0.481 e. The Morgan fingerprint density at radius 1 is 1.42 bits per heavy atom. The van der Waals surface area contributed by atoms with Gasteiger partial charge in [-0.15, -0.1) is 0 Å². The first-order chi connectivity index (χ1) is 8.77. The Balaban J connectivity index is 2.32. The van der Waals surface area contributed by atoms with Crippen molar-refractivity contribution in [3.63, 3.8) is 0 Å². The molecular weight excluding hydrogens is 290 g/mol. The van der Waals surface area contributed by atoms with E-state index >= 15 is 0 Å². The van der Waals surface area contributed by atoms with Crippen molar-refractivity contribution in [2.45, 2.75) is 17.4 Å². The zero-order valence-corrected chi connectivity index (χ0v) is 11.8. The van der Waals surface area contributed by atoms with Gasteiger partial charge in [0.25, 0.3) is 0 Å². The Hall–Kier alpha value is -1.11. The molecule has 1 aliphatic rings. The topological polar surface area (TPSA) is 83.5 Å². The van der Waals surface area contributed by atoms with Crippen LogP contribution in [0.3, 0.4) is 0 Å². The average Bonchev–Trinajstić information content (AvgIpc) is 2.76. The molecule has 2 atom stereocenters. The van der Waals surface area contributed by atoms with Crippen LogP contribution in [0.5, 0.6) is 0 Å². The second kappa shape index (κ2) is 5.11. The third-order valence-corrected chi connectivity index (χ3v) is 4.51. The van der Waals surface area contributed by atoms with E-state index < -0.39 is 21.7 Å². The molecule has 7 heteroatoms. The van der Waals surface area contributed by atoms with Crippen molar-refractivity contribution in [2.24, 2.45) is 5.92 Å². The predicted molar refractivity (Wildman–Crippen MR) is 71.0 cm³/mol. The average molecular weight is 304 g/mol. The van der Waals surface area contributed by atoms with Crippen LogP contribution in [0.25, 0.3) is 0 Å². The van der Waals surface area contributed by atoms with Gasteiger partial charge in [0.05, 0.1) is 10.8 Å². The number of carbonyl (C=O) groups is 1. The third kappa shape index (κ3) is 3.26. The summed E-state index contributed by atoms with van der Waals surface area (Å²) in [6.45, 7) is 0.376. The lowest BCUT2D eigenvalue weighted by Crippen LogP contribution is -2.17. The van der Waals surface area contributed by atoms with Gasteiger partial charge in [-0.25, -0.2) is 8.42 Å². The molecule has 0 saturated carbocycles. The molecule has 2 unspecified atom stereocenters. The van der Waals surface area contributed by atoms with Crippen molar-refractivity contribution in [1.82, 2.24) is 5.32 Å². The maximum Gasteiger partial charge on any atom is 0.307 e. The van der Waals surface area contributed by atoms with Crippen molar-refractivity contribution in [1.29, 1.82) is 0 Å². The molecule has 1 aliphatic heterocycles. The van der Waals surface area contributed by atoms with E-state index in [4.69, 9.17) is 16.7 Å². The maximum atomic E-state index is 11.6. The van der Waals surface area contributed by atoms with Crippen LogP contribution in [0.4, 0.5) is 0 Å². The molecule has 1 fully saturated rings. The van der Waals surface area contributed by atoms with Crippen LogP contribution < -0.4 is 5.32 Å². The van der Waals surface area contributed by atoms with Crippen LogP contribution >= 0.6 is 11.6 Å². The van der Waals surface area contributed by atoms with E-state index in [2.05, 4.69) is 5.32 Å². The molecule has 1 aromatic carbocycles. The molecule has 0 bridgehead atoms. The molecule has 1 saturated heterocycles. The number of rotatable bonds is 3. The number of halogens is 1. The molecule has 2 N–H and O–H groups in total. The standard InChI is InChI=1S/C12H14ClNO4S/c1-19(17,18)10-3-7(2-9(13)5-10)11-4-8(6-14-11)12(15)16/h2-3,5,8,11,14H,4,6H2,1H3,(H,15,16). The van der Waals surface area contributed by atoms with Gasteiger partial charge in [-0.1, -0.05) is 11.6 Å². The van der Waals surface area contributed by atoms with E-state index in [0.717, 1.165) is 6.26 Å². The van der Waals surface area contributed by atoms with Crippen molar-refractivity contribution >= 4 is 27.4 Å². The summed E-state index contributed by atoms with van der Waals surface area (Å²) in [5.74, 6) is -1.30. The van der Waals surface area contributed by atoms with Crippen LogP contribution in [0.2, 0.25) is 5.02 Å². The minimum atomic E-state index is -3.34. The Kier molecular flexibility index (Phi) is 3.85. The van der Waals surface area contributed by atoms with E-state index in [1.807, 2.05) is 0 Å². The number of benzene rings is 1. The second-order valence-electron chi connectivity index (χ2n) is 4.72. The van der Waals surface area contributed by atoms with Crippen molar-refractivity contribution in [2.75, 3.05) is 12.8 Å². The van der Waals surface area contributed by atoms with E-state index in [-0.39, 0.29) is 10.9 Å². The van der Waals surface area contributed by atoms with Gasteiger partial charge in [0.1, 0.15) is 0 Å². The third-order valence-electron chi connectivity index (χ3n) is 3.20. The molecule has 1 heterocycles. The lowest BCUT2D eigenvalue weighted by molar-refractivity contribution is -0.141. The lowest BCUT2D eigenvalue weighted by atomic mass is 10.0. The SMILES string of the molecule is CS(=O)(=O)c1cc(Cl)cc(C2CC(C(=O)O)CN2)c1. The van der Waals surface area contributed by atoms with Crippen LogP contribution in [0, 0.1) is 5.92 Å². The van der Waals surface area contributed by atoms with Gasteiger partial charge in [-0.05, 0) is 30.2 Å². The fraction of sp³-hybridized carbons (Fsp3) is 0.417. The minimum absolute atomic E-state index is 0.149. The monoisotopic (exact) mass is 303 g/mol. The van der Waals surface area contributed by atoms with Crippen LogP contribution in [0.15, 0.2) is 23.1 Å². The molecule has 5 nitrogen and oxygen atoms in total. The van der Waals surface area contributed by atoms with Gasteiger partial charge in [0.15, 0.2) is 9.84 Å². The number of hydrogen-bond donors (Lipinski definition) is 2. The summed E-state index contributed by atoms with van der Waals surface area (Å²) in [5, 5.41) is 12.4. The summed E-state index contributed by atoms with van der Waals surface area (Å²) >= 11 is 5.92. The summed E-state index contributed by atoms with van der Waals surface area (Å²) in [4.78, 5) is 11.1. The quantitative estimate of drug-likeness (QED) is 0.883. The highest BCUT2D eigenvalue weighted by Crippen LogP contribution is 2.30. The van der Waals surface area contributed by atoms with Gasteiger partial charge in [-0.2, -0.15) is 0 Å². The van der Waals surface area contributed by atoms with E-state index in [1.165, 1.54) is 6.07 Å². The highest BCUT2D eigenvalue weighted by atomic mass is 35.5. The molecule has 0 aromatic heterocycles.